The van der Waals surface area contributed by atoms with Gasteiger partial charge in [-0.25, -0.2) is 0 Å². The van der Waals surface area contributed by atoms with Gasteiger partial charge in [0.15, 0.2) is 0 Å². The summed E-state index contributed by atoms with van der Waals surface area (Å²) in [5.41, 5.74) is 3.98. The van der Waals surface area contributed by atoms with Gasteiger partial charge in [0.05, 0.1) is 5.57 Å². The molecule has 1 aliphatic rings. The molecule has 3 heteroatoms. The molecule has 0 saturated heterocycles. The minimum Gasteiger partial charge on any atom is -0.464 e. The van der Waals surface area contributed by atoms with Crippen molar-refractivity contribution in [1.82, 2.24) is 0 Å². The summed E-state index contributed by atoms with van der Waals surface area (Å²) in [6.07, 6.45) is -0.571. The molecule has 1 unspecified atom stereocenters. The molecule has 1 atom stereocenters. The van der Waals surface area contributed by atoms with Crippen LogP contribution in [-0.4, -0.2) is 5.91 Å². The van der Waals surface area contributed by atoms with Crippen molar-refractivity contribution in [2.24, 2.45) is 0 Å². The fourth-order valence-electron chi connectivity index (χ4n) is 3.88. The Bertz CT molecular complexity index is 1200. The summed E-state index contributed by atoms with van der Waals surface area (Å²) >= 11 is 0. The molecular weight excluding hydrogens is 382 g/mol. The topological polar surface area (TPSA) is 29.5 Å². The molecule has 5 rings (SSSR count). The third-order valence-electron chi connectivity index (χ3n) is 5.34. The number of hydrogen-bond donors (Lipinski definition) is 0. The molecule has 0 saturated carbocycles. The van der Waals surface area contributed by atoms with Gasteiger partial charge in [-0.1, -0.05) is 109 Å². The van der Waals surface area contributed by atoms with Crippen LogP contribution in [0.2, 0.25) is 0 Å². The third-order valence-corrected chi connectivity index (χ3v) is 5.34. The van der Waals surface area contributed by atoms with E-state index in [-0.39, 0.29) is 5.91 Å². The number of carbonyl (C=O) groups is 1. The van der Waals surface area contributed by atoms with Crippen LogP contribution in [-0.2, 0) is 9.53 Å². The van der Waals surface area contributed by atoms with Crippen molar-refractivity contribution < 1.29 is 9.53 Å². The summed E-state index contributed by atoms with van der Waals surface area (Å²) in [5, 5.41) is 0. The molecule has 0 N–H and O–H groups in total. The van der Waals surface area contributed by atoms with Crippen LogP contribution in [0.3, 0.4) is 0 Å². The summed E-state index contributed by atoms with van der Waals surface area (Å²) in [4.78, 5) is 15.8. The zero-order chi connectivity index (χ0) is 21.0. The van der Waals surface area contributed by atoms with Gasteiger partial charge in [0.25, 0.3) is 5.91 Å². The van der Waals surface area contributed by atoms with Crippen molar-refractivity contribution >= 4 is 22.9 Å². The van der Waals surface area contributed by atoms with E-state index in [1.165, 1.54) is 0 Å². The molecule has 0 fully saturated rings. The van der Waals surface area contributed by atoms with E-state index in [2.05, 4.69) is 0 Å². The standard InChI is InChI=1S/C28H21NO2/c30-27-25(21-13-5-1-6-14-21)26(22-15-7-2-8-16-22)31-28(23-17-9-3-10-18-23)29(27)24-19-11-4-12-20-24/h1-20,28H. The lowest BCUT2D eigenvalue weighted by Gasteiger charge is -2.38. The molecule has 1 aliphatic heterocycles. The Morgan fingerprint density at radius 1 is 0.581 bits per heavy atom. The lowest BCUT2D eigenvalue weighted by molar-refractivity contribution is -0.116. The molecule has 1 heterocycles. The molecule has 0 bridgehead atoms. The number of anilines is 1. The van der Waals surface area contributed by atoms with Crippen molar-refractivity contribution in [2.45, 2.75) is 6.23 Å². The van der Waals surface area contributed by atoms with E-state index in [1.54, 1.807) is 4.90 Å². The first-order valence-electron chi connectivity index (χ1n) is 10.3. The predicted octanol–water partition coefficient (Wildman–Crippen LogP) is 6.32. The quantitative estimate of drug-likeness (QED) is 0.399. The van der Waals surface area contributed by atoms with Crippen molar-refractivity contribution in [3.8, 4) is 0 Å². The van der Waals surface area contributed by atoms with Gasteiger partial charge in [0.1, 0.15) is 5.76 Å². The van der Waals surface area contributed by atoms with Crippen LogP contribution in [0.15, 0.2) is 121 Å². The maximum absolute atomic E-state index is 14.1. The molecule has 4 aromatic rings. The average Bonchev–Trinajstić information content (AvgIpc) is 2.85. The maximum Gasteiger partial charge on any atom is 0.265 e. The Kier molecular flexibility index (Phi) is 5.07. The number of benzene rings is 4. The largest absolute Gasteiger partial charge is 0.464 e. The van der Waals surface area contributed by atoms with Crippen LogP contribution in [0.25, 0.3) is 11.3 Å². The van der Waals surface area contributed by atoms with Crippen LogP contribution < -0.4 is 4.90 Å². The van der Waals surface area contributed by atoms with E-state index in [0.717, 1.165) is 22.4 Å². The highest BCUT2D eigenvalue weighted by molar-refractivity contribution is 6.32. The zero-order valence-corrected chi connectivity index (χ0v) is 16.9. The molecule has 1 amide bonds. The number of carbonyl (C=O) groups excluding carboxylic acids is 1. The van der Waals surface area contributed by atoms with Crippen molar-refractivity contribution in [1.29, 1.82) is 0 Å². The molecule has 0 radical (unpaired) electrons. The molecule has 4 aromatic carbocycles. The molecule has 0 aromatic heterocycles. The molecule has 0 spiro atoms. The van der Waals surface area contributed by atoms with Gasteiger partial charge < -0.3 is 4.74 Å². The Morgan fingerprint density at radius 2 is 1.06 bits per heavy atom. The smallest absolute Gasteiger partial charge is 0.265 e. The Balaban J connectivity index is 1.75. The van der Waals surface area contributed by atoms with Crippen molar-refractivity contribution in [2.75, 3.05) is 4.90 Å². The molecule has 150 valence electrons. The third kappa shape index (κ3) is 3.62. The minimum atomic E-state index is -0.571. The molecule has 31 heavy (non-hydrogen) atoms. The number of rotatable bonds is 4. The van der Waals surface area contributed by atoms with Gasteiger partial charge in [0, 0.05) is 16.8 Å². The second-order valence-electron chi connectivity index (χ2n) is 7.33. The van der Waals surface area contributed by atoms with Gasteiger partial charge in [0.2, 0.25) is 6.23 Å². The number of para-hydroxylation sites is 1. The molecule has 3 nitrogen and oxygen atoms in total. The van der Waals surface area contributed by atoms with Crippen molar-refractivity contribution in [3.05, 3.63) is 138 Å². The second-order valence-corrected chi connectivity index (χ2v) is 7.33. The first-order chi connectivity index (χ1) is 15.3. The first kappa shape index (κ1) is 18.9. The SMILES string of the molecule is O=C1C(c2ccccc2)=C(c2ccccc2)OC(c2ccccc2)N1c1ccccc1. The van der Waals surface area contributed by atoms with Crippen LogP contribution in [0.1, 0.15) is 22.9 Å². The highest BCUT2D eigenvalue weighted by Gasteiger charge is 2.38. The Hall–Kier alpha value is -4.11. The van der Waals surface area contributed by atoms with Crippen LogP contribution in [0, 0.1) is 0 Å². The Labute approximate surface area is 181 Å². The summed E-state index contributed by atoms with van der Waals surface area (Å²) < 4.78 is 6.65. The monoisotopic (exact) mass is 403 g/mol. The maximum atomic E-state index is 14.1. The van der Waals surface area contributed by atoms with E-state index >= 15 is 0 Å². The van der Waals surface area contributed by atoms with Gasteiger partial charge in [-0.3, -0.25) is 9.69 Å². The van der Waals surface area contributed by atoms with Crippen LogP contribution >= 0.6 is 0 Å². The predicted molar refractivity (Wildman–Crippen MR) is 124 cm³/mol. The van der Waals surface area contributed by atoms with Gasteiger partial charge in [-0.15, -0.1) is 0 Å². The van der Waals surface area contributed by atoms with Crippen LogP contribution in [0.5, 0.6) is 0 Å². The molecular formula is C28H21NO2. The summed E-state index contributed by atoms with van der Waals surface area (Å²) in [6.45, 7) is 0. The van der Waals surface area contributed by atoms with E-state index in [0.29, 0.717) is 11.3 Å². The van der Waals surface area contributed by atoms with Crippen LogP contribution in [0.4, 0.5) is 5.69 Å². The number of amides is 1. The van der Waals surface area contributed by atoms with Crippen molar-refractivity contribution in [3.63, 3.8) is 0 Å². The van der Waals surface area contributed by atoms with E-state index in [1.807, 2.05) is 121 Å². The highest BCUT2D eigenvalue weighted by Crippen LogP contribution is 2.42. The minimum absolute atomic E-state index is 0.0867. The van der Waals surface area contributed by atoms with Gasteiger partial charge in [-0.05, 0) is 17.7 Å². The summed E-state index contributed by atoms with van der Waals surface area (Å²) in [6, 6.07) is 39.1. The summed E-state index contributed by atoms with van der Waals surface area (Å²) in [7, 11) is 0. The van der Waals surface area contributed by atoms with Gasteiger partial charge in [-0.2, -0.15) is 0 Å². The lowest BCUT2D eigenvalue weighted by atomic mass is 9.96. The number of hydrogen-bond acceptors (Lipinski definition) is 2. The van der Waals surface area contributed by atoms with E-state index in [9.17, 15) is 4.79 Å². The van der Waals surface area contributed by atoms with E-state index in [4.69, 9.17) is 4.74 Å². The van der Waals surface area contributed by atoms with E-state index < -0.39 is 6.23 Å². The lowest BCUT2D eigenvalue weighted by Crippen LogP contribution is -2.40. The fourth-order valence-corrected chi connectivity index (χ4v) is 3.88. The first-order valence-corrected chi connectivity index (χ1v) is 10.3. The number of nitrogens with zero attached hydrogens (tertiary/aromatic N) is 1. The van der Waals surface area contributed by atoms with Gasteiger partial charge >= 0.3 is 0 Å². The second kappa shape index (κ2) is 8.33. The Morgan fingerprint density at radius 3 is 1.65 bits per heavy atom. The fraction of sp³-hybridized carbons (Fsp3) is 0.0357. The molecule has 0 aliphatic carbocycles. The number of ether oxygens (including phenoxy) is 1. The normalized spacial score (nSPS) is 16.2. The highest BCUT2D eigenvalue weighted by atomic mass is 16.5. The summed E-state index contributed by atoms with van der Waals surface area (Å²) in [5.74, 6) is 0.509. The zero-order valence-electron chi connectivity index (χ0n) is 16.9. The average molecular weight is 403 g/mol.